The van der Waals surface area contributed by atoms with Crippen LogP contribution in [0.2, 0.25) is 0 Å². The van der Waals surface area contributed by atoms with Crippen LogP contribution in [0.5, 0.6) is 0 Å². The largest absolute Gasteiger partial charge is 0.495 e. The van der Waals surface area contributed by atoms with Crippen LogP contribution < -0.4 is 5.46 Å². The van der Waals surface area contributed by atoms with Crippen LogP contribution >= 0.6 is 11.3 Å². The van der Waals surface area contributed by atoms with E-state index in [4.69, 9.17) is 12.1 Å². The summed E-state index contributed by atoms with van der Waals surface area (Å²) in [7, 11) is -0.521. The molecule has 0 N–H and O–H groups in total. The normalized spacial score (nSPS) is 26.1. The Labute approximate surface area is 92.2 Å². The van der Waals surface area contributed by atoms with Crippen LogP contribution in [0.1, 0.15) is 30.4 Å². The second-order valence-corrected chi connectivity index (χ2v) is 5.15. The van der Waals surface area contributed by atoms with E-state index >= 15 is 0 Å². The van der Waals surface area contributed by atoms with Gasteiger partial charge in [-0.05, 0) is 43.9 Å². The quantitative estimate of drug-likeness (QED) is 0.663. The maximum Gasteiger partial charge on any atom is 0.495 e. The highest BCUT2D eigenvalue weighted by atomic mass is 32.1. The van der Waals surface area contributed by atoms with Gasteiger partial charge in [0.15, 0.2) is 0 Å². The maximum absolute atomic E-state index is 7.75. The average Bonchev–Trinajstić information content (AvgIpc) is 2.51. The van der Waals surface area contributed by atoms with E-state index in [0.717, 1.165) is 11.3 Å². The first-order valence-corrected chi connectivity index (χ1v) is 5.47. The minimum Gasteiger partial charge on any atom is -0.399 e. The molecule has 76 valence electrons. The van der Waals surface area contributed by atoms with Gasteiger partial charge in [-0.25, -0.2) is 0 Å². The zero-order valence-corrected chi connectivity index (χ0v) is 9.70. The van der Waals surface area contributed by atoms with Crippen LogP contribution in [0, 0.1) is 0 Å². The number of rotatable bonds is 1. The number of hydrogen-bond donors (Lipinski definition) is 0. The van der Waals surface area contributed by atoms with Crippen molar-refractivity contribution in [2.75, 3.05) is 0 Å². The van der Waals surface area contributed by atoms with Gasteiger partial charge in [-0.2, -0.15) is 11.3 Å². The molecule has 2 nitrogen and oxygen atoms in total. The Morgan fingerprint density at radius 2 is 1.86 bits per heavy atom. The molecule has 0 aliphatic carbocycles. The van der Waals surface area contributed by atoms with Crippen molar-refractivity contribution in [1.82, 2.24) is 0 Å². The monoisotopic (exact) mass is 212 g/mol. The van der Waals surface area contributed by atoms with Crippen molar-refractivity contribution in [2.45, 2.75) is 38.9 Å². The number of hydrogen-bond acceptors (Lipinski definition) is 3. The van der Waals surface area contributed by atoms with Gasteiger partial charge in [0.25, 0.3) is 0 Å². The van der Waals surface area contributed by atoms with Gasteiger partial charge < -0.3 is 9.31 Å². The Hall–Kier alpha value is -0.315. The summed E-state index contributed by atoms with van der Waals surface area (Å²) >= 11 is 1.13. The Bertz CT molecular complexity index is 401. The van der Waals surface area contributed by atoms with Crippen molar-refractivity contribution in [1.29, 1.82) is 0 Å². The second-order valence-electron chi connectivity index (χ2n) is 4.51. The Balaban J connectivity index is 2.30. The Morgan fingerprint density at radius 3 is 2.29 bits per heavy atom. The zero-order chi connectivity index (χ0) is 12.1. The summed E-state index contributed by atoms with van der Waals surface area (Å²) in [4.78, 5) is 0. The molecule has 2 heterocycles. The third-order valence-corrected chi connectivity index (χ3v) is 3.52. The minimum atomic E-state index is -0.521. The van der Waals surface area contributed by atoms with Gasteiger partial charge in [-0.15, -0.1) is 0 Å². The first-order chi connectivity index (χ1) is 7.23. The molecule has 4 heteroatoms. The third kappa shape index (κ3) is 1.51. The van der Waals surface area contributed by atoms with Gasteiger partial charge >= 0.3 is 7.12 Å². The minimum absolute atomic E-state index is 0.350. The van der Waals surface area contributed by atoms with Gasteiger partial charge in [-0.3, -0.25) is 0 Å². The predicted molar refractivity (Wildman–Crippen MR) is 60.0 cm³/mol. The lowest BCUT2D eigenvalue weighted by Crippen LogP contribution is -2.41. The molecular formula is C10H15BO2S. The first-order valence-electron chi connectivity index (χ1n) is 5.65. The van der Waals surface area contributed by atoms with Crippen molar-refractivity contribution >= 4 is 23.9 Å². The van der Waals surface area contributed by atoms with E-state index in [2.05, 4.69) is 0 Å². The molecule has 0 saturated carbocycles. The maximum atomic E-state index is 7.75. The molecule has 14 heavy (non-hydrogen) atoms. The average molecular weight is 212 g/mol. The SMILES string of the molecule is [2H]c1cc(B2OC(C)(C)C(C)(C)O2)c([2H])s1. The van der Waals surface area contributed by atoms with Crippen molar-refractivity contribution in [3.8, 4) is 0 Å². The molecule has 1 aliphatic rings. The molecule has 0 radical (unpaired) electrons. The highest BCUT2D eigenvalue weighted by Crippen LogP contribution is 2.36. The molecule has 0 atom stereocenters. The summed E-state index contributed by atoms with van der Waals surface area (Å²) in [5.74, 6) is 0. The second kappa shape index (κ2) is 3.09. The molecule has 0 unspecified atom stereocenters. The highest BCUT2D eigenvalue weighted by Gasteiger charge is 2.51. The lowest BCUT2D eigenvalue weighted by molar-refractivity contribution is 0.00578. The van der Waals surface area contributed by atoms with Crippen LogP contribution in [-0.4, -0.2) is 18.3 Å². The van der Waals surface area contributed by atoms with Crippen molar-refractivity contribution in [2.24, 2.45) is 0 Å². The van der Waals surface area contributed by atoms with E-state index in [1.807, 2.05) is 27.7 Å². The molecule has 0 spiro atoms. The Morgan fingerprint density at radius 1 is 1.29 bits per heavy atom. The summed E-state index contributed by atoms with van der Waals surface area (Å²) in [6.07, 6.45) is 0. The number of thiophene rings is 1. The Kier molecular flexibility index (Phi) is 1.74. The summed E-state index contributed by atoms with van der Waals surface area (Å²) in [5, 5.41) is 0.721. The summed E-state index contributed by atoms with van der Waals surface area (Å²) in [5.41, 5.74) is -0.128. The van der Waals surface area contributed by atoms with E-state index in [1.54, 1.807) is 6.07 Å². The van der Waals surface area contributed by atoms with Crippen molar-refractivity contribution in [3.63, 3.8) is 0 Å². The van der Waals surface area contributed by atoms with Crippen LogP contribution in [0.15, 0.2) is 16.8 Å². The fraction of sp³-hybridized carbons (Fsp3) is 0.600. The van der Waals surface area contributed by atoms with Crippen molar-refractivity contribution in [3.05, 3.63) is 16.8 Å². The van der Waals surface area contributed by atoms with Gasteiger partial charge in [0.2, 0.25) is 0 Å². The van der Waals surface area contributed by atoms with Gasteiger partial charge in [0.1, 0.15) is 0 Å². The molecule has 0 amide bonds. The molecule has 1 aliphatic heterocycles. The lowest BCUT2D eigenvalue weighted by Gasteiger charge is -2.32. The summed E-state index contributed by atoms with van der Waals surface area (Å²) < 4.78 is 26.9. The smallest absolute Gasteiger partial charge is 0.399 e. The van der Waals surface area contributed by atoms with Gasteiger partial charge in [-0.1, -0.05) is 6.07 Å². The third-order valence-electron chi connectivity index (χ3n) is 2.95. The predicted octanol–water partition coefficient (Wildman–Crippen LogP) is 2.05. The highest BCUT2D eigenvalue weighted by molar-refractivity contribution is 7.09. The molecule has 1 aromatic rings. The van der Waals surface area contributed by atoms with E-state index in [0.29, 0.717) is 16.2 Å². The van der Waals surface area contributed by atoms with Crippen LogP contribution in [0.25, 0.3) is 0 Å². The molecule has 2 rings (SSSR count). The van der Waals surface area contributed by atoms with Crippen LogP contribution in [-0.2, 0) is 9.31 Å². The fourth-order valence-corrected chi connectivity index (χ4v) is 1.81. The van der Waals surface area contributed by atoms with Crippen LogP contribution in [0.3, 0.4) is 0 Å². The summed E-state index contributed by atoms with van der Waals surface area (Å²) in [6, 6.07) is 1.65. The molecule has 1 aromatic heterocycles. The first kappa shape index (κ1) is 7.91. The summed E-state index contributed by atoms with van der Waals surface area (Å²) in [6.45, 7) is 7.91. The molecule has 0 bridgehead atoms. The van der Waals surface area contributed by atoms with Gasteiger partial charge in [0.05, 0.1) is 13.9 Å². The molecule has 1 saturated heterocycles. The fourth-order valence-electron chi connectivity index (χ4n) is 1.30. The molecular weight excluding hydrogens is 195 g/mol. The van der Waals surface area contributed by atoms with E-state index in [-0.39, 0.29) is 0 Å². The van der Waals surface area contributed by atoms with E-state index in [1.165, 1.54) is 0 Å². The van der Waals surface area contributed by atoms with Crippen molar-refractivity contribution < 1.29 is 12.1 Å². The van der Waals surface area contributed by atoms with Gasteiger partial charge in [0, 0.05) is 0 Å². The zero-order valence-electron chi connectivity index (χ0n) is 10.9. The van der Waals surface area contributed by atoms with E-state index < -0.39 is 18.3 Å². The standard InChI is InChI=1S/C10H15BO2S/c1-9(2)10(3,4)13-11(12-9)8-5-6-14-7-8/h5-7H,1-4H3/i6D,7D. The van der Waals surface area contributed by atoms with E-state index in [9.17, 15) is 0 Å². The topological polar surface area (TPSA) is 18.5 Å². The van der Waals surface area contributed by atoms with Crippen LogP contribution in [0.4, 0.5) is 0 Å². The molecule has 1 fully saturated rings. The molecule has 0 aromatic carbocycles. The lowest BCUT2D eigenvalue weighted by atomic mass is 9.82.